The van der Waals surface area contributed by atoms with Gasteiger partial charge in [0.25, 0.3) is 0 Å². The summed E-state index contributed by atoms with van der Waals surface area (Å²) >= 11 is 2.06. The number of nitrogens with one attached hydrogen (secondary N) is 1. The predicted molar refractivity (Wildman–Crippen MR) is 90.3 cm³/mol. The zero-order chi connectivity index (χ0) is 14.7. The number of nitrogens with two attached hydrogens (primary N) is 1. The molecule has 5 heteroatoms. The summed E-state index contributed by atoms with van der Waals surface area (Å²) in [4.78, 5) is 0. The quantitative estimate of drug-likeness (QED) is 0.659. The monoisotopic (exact) mass is 304 g/mol. The van der Waals surface area contributed by atoms with Gasteiger partial charge in [-0.05, 0) is 31.6 Å². The summed E-state index contributed by atoms with van der Waals surface area (Å²) in [5.74, 6) is 7.09. The molecule has 2 aromatic rings. The summed E-state index contributed by atoms with van der Waals surface area (Å²) in [6, 6.07) is 8.79. The molecule has 1 aromatic carbocycles. The molecule has 1 aliphatic heterocycles. The first-order valence-electron chi connectivity index (χ1n) is 7.85. The Hall–Kier alpha value is -1.04. The molecule has 2 atom stereocenters. The van der Waals surface area contributed by atoms with E-state index in [1.807, 2.05) is 0 Å². The summed E-state index contributed by atoms with van der Waals surface area (Å²) in [6.07, 6.45) is 4.82. The SMILES string of the molecule is CCn1nc(CC(NN)C2CCCCS2)c2ccccc21. The van der Waals surface area contributed by atoms with Crippen LogP contribution in [0.15, 0.2) is 24.3 Å². The van der Waals surface area contributed by atoms with Gasteiger partial charge in [-0.3, -0.25) is 16.0 Å². The zero-order valence-corrected chi connectivity index (χ0v) is 13.4. The van der Waals surface area contributed by atoms with Crippen molar-refractivity contribution in [2.45, 2.75) is 50.4 Å². The summed E-state index contributed by atoms with van der Waals surface area (Å²) in [6.45, 7) is 3.04. The molecule has 1 aliphatic rings. The third-order valence-corrected chi connectivity index (χ3v) is 5.84. The second-order valence-electron chi connectivity index (χ2n) is 5.66. The van der Waals surface area contributed by atoms with E-state index in [1.54, 1.807) is 0 Å². The molecular formula is C16H24N4S. The number of para-hydroxylation sites is 1. The van der Waals surface area contributed by atoms with E-state index in [0.717, 1.165) is 13.0 Å². The van der Waals surface area contributed by atoms with Gasteiger partial charge in [-0.2, -0.15) is 16.9 Å². The Morgan fingerprint density at radius 1 is 1.43 bits per heavy atom. The molecule has 4 nitrogen and oxygen atoms in total. The van der Waals surface area contributed by atoms with Crippen LogP contribution in [0.2, 0.25) is 0 Å². The van der Waals surface area contributed by atoms with Gasteiger partial charge < -0.3 is 0 Å². The van der Waals surface area contributed by atoms with E-state index in [2.05, 4.69) is 53.1 Å². The molecule has 0 radical (unpaired) electrons. The number of hydrazine groups is 1. The standard InChI is InChI=1S/C16H24N4S/c1-2-20-15-8-4-3-7-12(15)13(19-20)11-14(18-17)16-9-5-6-10-21-16/h3-4,7-8,14,16,18H,2,5-6,9-11,17H2,1H3. The van der Waals surface area contributed by atoms with E-state index < -0.39 is 0 Å². The molecule has 1 aromatic heterocycles. The van der Waals surface area contributed by atoms with Gasteiger partial charge >= 0.3 is 0 Å². The highest BCUT2D eigenvalue weighted by Gasteiger charge is 2.25. The summed E-state index contributed by atoms with van der Waals surface area (Å²) < 4.78 is 2.09. The topological polar surface area (TPSA) is 55.9 Å². The Labute approximate surface area is 130 Å². The average molecular weight is 304 g/mol. The van der Waals surface area contributed by atoms with Crippen LogP contribution in [-0.2, 0) is 13.0 Å². The van der Waals surface area contributed by atoms with Gasteiger partial charge in [-0.25, -0.2) is 0 Å². The molecule has 1 saturated heterocycles. The molecular weight excluding hydrogens is 280 g/mol. The number of nitrogens with zero attached hydrogens (tertiary/aromatic N) is 2. The minimum Gasteiger partial charge on any atom is -0.271 e. The van der Waals surface area contributed by atoms with Crippen LogP contribution in [0.4, 0.5) is 0 Å². The van der Waals surface area contributed by atoms with E-state index in [1.165, 1.54) is 41.6 Å². The van der Waals surface area contributed by atoms with Gasteiger partial charge in [0, 0.05) is 29.6 Å². The first-order valence-corrected chi connectivity index (χ1v) is 8.90. The molecule has 0 bridgehead atoms. The number of hydrogen-bond acceptors (Lipinski definition) is 4. The fraction of sp³-hybridized carbons (Fsp3) is 0.562. The van der Waals surface area contributed by atoms with Gasteiger partial charge in [0.05, 0.1) is 11.2 Å². The molecule has 0 aliphatic carbocycles. The van der Waals surface area contributed by atoms with Crippen molar-refractivity contribution in [1.82, 2.24) is 15.2 Å². The van der Waals surface area contributed by atoms with E-state index in [0.29, 0.717) is 11.3 Å². The largest absolute Gasteiger partial charge is 0.271 e. The molecule has 2 unspecified atom stereocenters. The lowest BCUT2D eigenvalue weighted by molar-refractivity contribution is 0.466. The average Bonchev–Trinajstić information content (AvgIpc) is 2.91. The maximum absolute atomic E-state index is 5.84. The molecule has 3 N–H and O–H groups in total. The number of rotatable bonds is 5. The fourth-order valence-electron chi connectivity index (χ4n) is 3.18. The van der Waals surface area contributed by atoms with E-state index in [9.17, 15) is 0 Å². The van der Waals surface area contributed by atoms with Crippen LogP contribution >= 0.6 is 11.8 Å². The summed E-state index contributed by atoms with van der Waals surface area (Å²) in [5, 5.41) is 6.67. The van der Waals surface area contributed by atoms with Crippen molar-refractivity contribution >= 4 is 22.7 Å². The number of aryl methyl sites for hydroxylation is 1. The Balaban J connectivity index is 1.85. The fourth-order valence-corrected chi connectivity index (χ4v) is 4.59. The second kappa shape index (κ2) is 6.81. The highest BCUT2D eigenvalue weighted by Crippen LogP contribution is 2.29. The van der Waals surface area contributed by atoms with Crippen LogP contribution in [0, 0.1) is 0 Å². The number of thioether (sulfide) groups is 1. The van der Waals surface area contributed by atoms with Crippen LogP contribution in [0.1, 0.15) is 31.9 Å². The summed E-state index contributed by atoms with van der Waals surface area (Å²) in [5.41, 5.74) is 5.43. The van der Waals surface area contributed by atoms with Gasteiger partial charge in [0.1, 0.15) is 0 Å². The highest BCUT2D eigenvalue weighted by atomic mass is 32.2. The van der Waals surface area contributed by atoms with Crippen LogP contribution in [0.5, 0.6) is 0 Å². The van der Waals surface area contributed by atoms with Gasteiger partial charge in [0.15, 0.2) is 0 Å². The normalized spacial score (nSPS) is 20.8. The van der Waals surface area contributed by atoms with Crippen molar-refractivity contribution in [2.24, 2.45) is 5.84 Å². The maximum Gasteiger partial charge on any atom is 0.0719 e. The first kappa shape index (κ1) is 14.9. The molecule has 21 heavy (non-hydrogen) atoms. The smallest absolute Gasteiger partial charge is 0.0719 e. The molecule has 0 spiro atoms. The molecule has 114 valence electrons. The van der Waals surface area contributed by atoms with Crippen LogP contribution in [0.25, 0.3) is 10.9 Å². The number of benzene rings is 1. The molecule has 1 fully saturated rings. The van der Waals surface area contributed by atoms with Gasteiger partial charge in [0.2, 0.25) is 0 Å². The number of fused-ring (bicyclic) bond motifs is 1. The van der Waals surface area contributed by atoms with Crippen molar-refractivity contribution in [3.63, 3.8) is 0 Å². The summed E-state index contributed by atoms with van der Waals surface area (Å²) in [7, 11) is 0. The maximum atomic E-state index is 5.84. The lowest BCUT2D eigenvalue weighted by atomic mass is 10.0. The van der Waals surface area contributed by atoms with Crippen molar-refractivity contribution in [1.29, 1.82) is 0 Å². The zero-order valence-electron chi connectivity index (χ0n) is 12.6. The molecule has 0 saturated carbocycles. The molecule has 0 amide bonds. The third kappa shape index (κ3) is 3.10. The lowest BCUT2D eigenvalue weighted by Crippen LogP contribution is -2.45. The number of aromatic nitrogens is 2. The van der Waals surface area contributed by atoms with Gasteiger partial charge in [-0.1, -0.05) is 24.6 Å². The first-order chi connectivity index (χ1) is 10.3. The number of hydrogen-bond donors (Lipinski definition) is 2. The van der Waals surface area contributed by atoms with Crippen molar-refractivity contribution in [2.75, 3.05) is 5.75 Å². The Bertz CT molecular complexity index is 589. The van der Waals surface area contributed by atoms with Crippen molar-refractivity contribution in [3.05, 3.63) is 30.0 Å². The predicted octanol–water partition coefficient (Wildman–Crippen LogP) is 2.72. The van der Waals surface area contributed by atoms with Gasteiger partial charge in [-0.15, -0.1) is 0 Å². The van der Waals surface area contributed by atoms with Crippen molar-refractivity contribution < 1.29 is 0 Å². The van der Waals surface area contributed by atoms with Crippen molar-refractivity contribution in [3.8, 4) is 0 Å². The Kier molecular flexibility index (Phi) is 4.83. The Morgan fingerprint density at radius 2 is 2.29 bits per heavy atom. The van der Waals surface area contributed by atoms with Crippen LogP contribution in [0.3, 0.4) is 0 Å². The minimum atomic E-state index is 0.305. The third-order valence-electron chi connectivity index (χ3n) is 4.33. The second-order valence-corrected chi connectivity index (χ2v) is 7.01. The van der Waals surface area contributed by atoms with E-state index in [4.69, 9.17) is 10.9 Å². The van der Waals surface area contributed by atoms with Crippen LogP contribution in [-0.4, -0.2) is 26.8 Å². The highest BCUT2D eigenvalue weighted by molar-refractivity contribution is 8.00. The van der Waals surface area contributed by atoms with Crippen LogP contribution < -0.4 is 11.3 Å². The van der Waals surface area contributed by atoms with E-state index in [-0.39, 0.29) is 0 Å². The molecule has 2 heterocycles. The lowest BCUT2D eigenvalue weighted by Gasteiger charge is -2.28. The van der Waals surface area contributed by atoms with E-state index >= 15 is 0 Å². The molecule has 3 rings (SSSR count). The Morgan fingerprint density at radius 3 is 3.00 bits per heavy atom. The minimum absolute atomic E-state index is 0.305.